The van der Waals surface area contributed by atoms with Crippen LogP contribution in [0, 0.1) is 0 Å². The monoisotopic (exact) mass is 404 g/mol. The van der Waals surface area contributed by atoms with Gasteiger partial charge in [0.2, 0.25) is 0 Å². The molecule has 1 saturated carbocycles. The number of aromatic nitrogens is 5. The van der Waals surface area contributed by atoms with Crippen molar-refractivity contribution in [1.82, 2.24) is 24.7 Å². The van der Waals surface area contributed by atoms with Crippen LogP contribution < -0.4 is 10.9 Å². The second kappa shape index (κ2) is 8.31. The lowest BCUT2D eigenvalue weighted by atomic mass is 9.91. The Labute approximate surface area is 174 Å². The van der Waals surface area contributed by atoms with Gasteiger partial charge in [-0.2, -0.15) is 5.10 Å². The van der Waals surface area contributed by atoms with Crippen LogP contribution in [0.5, 0.6) is 0 Å². The summed E-state index contributed by atoms with van der Waals surface area (Å²) in [6, 6.07) is 7.64. The van der Waals surface area contributed by atoms with Crippen LogP contribution in [0.25, 0.3) is 11.3 Å². The zero-order valence-electron chi connectivity index (χ0n) is 16.7. The second-order valence-electron chi connectivity index (χ2n) is 7.84. The van der Waals surface area contributed by atoms with Gasteiger partial charge in [-0.1, -0.05) is 0 Å². The number of hydrogen-bond donors (Lipinski definition) is 1. The lowest BCUT2D eigenvalue weighted by Crippen LogP contribution is -2.33. The van der Waals surface area contributed by atoms with Crippen LogP contribution in [0.15, 0.2) is 47.8 Å². The number of fused-ring (bicyclic) bond motifs is 1. The van der Waals surface area contributed by atoms with Crippen LogP contribution in [0.2, 0.25) is 0 Å². The summed E-state index contributed by atoms with van der Waals surface area (Å²) in [5.41, 5.74) is 3.87. The maximum atomic E-state index is 12.5. The van der Waals surface area contributed by atoms with E-state index in [9.17, 15) is 4.79 Å². The van der Waals surface area contributed by atoms with Gasteiger partial charge in [-0.05, 0) is 43.9 Å². The number of ether oxygens (including phenoxy) is 1. The van der Waals surface area contributed by atoms with Crippen molar-refractivity contribution in [2.75, 3.05) is 11.9 Å². The normalized spacial score (nSPS) is 21.1. The van der Waals surface area contributed by atoms with E-state index < -0.39 is 0 Å². The minimum atomic E-state index is -0.0498. The maximum Gasteiger partial charge on any atom is 0.267 e. The number of pyridine rings is 1. The molecule has 0 aromatic carbocycles. The van der Waals surface area contributed by atoms with E-state index in [1.165, 1.54) is 0 Å². The third kappa shape index (κ3) is 3.82. The average molecular weight is 404 g/mol. The highest BCUT2D eigenvalue weighted by molar-refractivity contribution is 5.57. The Bertz CT molecular complexity index is 1080. The predicted octanol–water partition coefficient (Wildman–Crippen LogP) is 2.76. The molecule has 4 heterocycles. The second-order valence-corrected chi connectivity index (χ2v) is 7.84. The first-order valence-electron chi connectivity index (χ1n) is 10.5. The molecule has 1 aliphatic carbocycles. The Balaban J connectivity index is 1.28. The molecule has 0 radical (unpaired) electrons. The Morgan fingerprint density at radius 2 is 1.87 bits per heavy atom. The van der Waals surface area contributed by atoms with Gasteiger partial charge in [-0.3, -0.25) is 9.78 Å². The van der Waals surface area contributed by atoms with Crippen LogP contribution in [0.3, 0.4) is 0 Å². The first-order valence-corrected chi connectivity index (χ1v) is 10.5. The number of anilines is 1. The summed E-state index contributed by atoms with van der Waals surface area (Å²) >= 11 is 0. The van der Waals surface area contributed by atoms with E-state index >= 15 is 0 Å². The molecule has 30 heavy (non-hydrogen) atoms. The molecule has 3 aromatic heterocycles. The minimum Gasteiger partial charge on any atom is -0.376 e. The van der Waals surface area contributed by atoms with E-state index in [1.807, 2.05) is 12.1 Å². The summed E-state index contributed by atoms with van der Waals surface area (Å²) in [6.07, 6.45) is 9.65. The molecule has 0 spiro atoms. The molecule has 1 N–H and O–H groups in total. The Morgan fingerprint density at radius 1 is 1.03 bits per heavy atom. The molecule has 8 nitrogen and oxygen atoms in total. The zero-order valence-corrected chi connectivity index (χ0v) is 16.7. The van der Waals surface area contributed by atoms with Gasteiger partial charge < -0.3 is 10.1 Å². The Kier molecular flexibility index (Phi) is 5.23. The number of nitrogens with zero attached hydrogens (tertiary/aromatic N) is 5. The molecule has 2 aliphatic rings. The van der Waals surface area contributed by atoms with E-state index in [2.05, 4.69) is 25.4 Å². The third-order valence-electron chi connectivity index (χ3n) is 5.95. The summed E-state index contributed by atoms with van der Waals surface area (Å²) in [5.74, 6) is 0.887. The summed E-state index contributed by atoms with van der Waals surface area (Å²) in [5, 5.41) is 8.24. The molecule has 154 valence electrons. The van der Waals surface area contributed by atoms with Crippen molar-refractivity contribution in [2.24, 2.45) is 0 Å². The molecule has 0 unspecified atom stereocenters. The van der Waals surface area contributed by atoms with Crippen LogP contribution in [-0.2, 0) is 17.8 Å². The molecule has 0 atom stereocenters. The number of rotatable bonds is 4. The summed E-state index contributed by atoms with van der Waals surface area (Å²) < 4.78 is 7.25. The van der Waals surface area contributed by atoms with Gasteiger partial charge in [-0.15, -0.1) is 0 Å². The maximum absolute atomic E-state index is 12.5. The molecule has 0 bridgehead atoms. The fourth-order valence-electron chi connectivity index (χ4n) is 4.30. The molecular weight excluding hydrogens is 380 g/mol. The smallest absolute Gasteiger partial charge is 0.267 e. The average Bonchev–Trinajstić information content (AvgIpc) is 2.81. The van der Waals surface area contributed by atoms with Crippen molar-refractivity contribution in [3.05, 3.63) is 64.6 Å². The molecule has 1 aliphatic heterocycles. The van der Waals surface area contributed by atoms with Gasteiger partial charge in [0.05, 0.1) is 30.6 Å². The van der Waals surface area contributed by atoms with Crippen molar-refractivity contribution in [1.29, 1.82) is 0 Å². The summed E-state index contributed by atoms with van der Waals surface area (Å²) in [7, 11) is 0. The molecule has 0 saturated heterocycles. The fourth-order valence-corrected chi connectivity index (χ4v) is 4.30. The zero-order chi connectivity index (χ0) is 20.3. The lowest BCUT2D eigenvalue weighted by Gasteiger charge is -2.31. The topological polar surface area (TPSA) is 94.8 Å². The first-order chi connectivity index (χ1) is 14.8. The van der Waals surface area contributed by atoms with E-state index in [0.29, 0.717) is 12.6 Å². The van der Waals surface area contributed by atoms with Crippen molar-refractivity contribution < 1.29 is 4.74 Å². The van der Waals surface area contributed by atoms with E-state index in [-0.39, 0.29) is 11.6 Å². The van der Waals surface area contributed by atoms with Crippen LogP contribution in [0.1, 0.15) is 43.0 Å². The summed E-state index contributed by atoms with van der Waals surface area (Å²) in [4.78, 5) is 25.4. The van der Waals surface area contributed by atoms with Crippen molar-refractivity contribution in [2.45, 2.75) is 50.8 Å². The standard InChI is InChI=1S/C22H24N6O2/c29-21-6-5-19(15-7-10-23-11-8-15)27-28(21)17-3-1-16(2-4-17)26-22-18-13-30-12-9-20(18)24-14-25-22/h5-8,10-11,14,16-17H,1-4,9,12-13H2,(H,24,25,26). The molecule has 8 heteroatoms. The van der Waals surface area contributed by atoms with E-state index in [4.69, 9.17) is 4.74 Å². The highest BCUT2D eigenvalue weighted by Gasteiger charge is 2.26. The Morgan fingerprint density at radius 3 is 2.70 bits per heavy atom. The number of hydrogen-bond acceptors (Lipinski definition) is 7. The minimum absolute atomic E-state index is 0.0498. The van der Waals surface area contributed by atoms with Gasteiger partial charge >= 0.3 is 0 Å². The number of nitrogens with one attached hydrogen (secondary N) is 1. The van der Waals surface area contributed by atoms with Gasteiger partial charge in [0.1, 0.15) is 12.1 Å². The van der Waals surface area contributed by atoms with Gasteiger partial charge in [0.25, 0.3) is 5.56 Å². The molecule has 0 amide bonds. The molecule has 1 fully saturated rings. The van der Waals surface area contributed by atoms with Gasteiger partial charge in [-0.25, -0.2) is 14.6 Å². The van der Waals surface area contributed by atoms with E-state index in [1.54, 1.807) is 35.5 Å². The van der Waals surface area contributed by atoms with Crippen LogP contribution in [-0.4, -0.2) is 37.4 Å². The van der Waals surface area contributed by atoms with Crippen LogP contribution >= 0.6 is 0 Å². The summed E-state index contributed by atoms with van der Waals surface area (Å²) in [6.45, 7) is 1.28. The van der Waals surface area contributed by atoms with Crippen molar-refractivity contribution in [3.63, 3.8) is 0 Å². The quantitative estimate of drug-likeness (QED) is 0.714. The highest BCUT2D eigenvalue weighted by Crippen LogP contribution is 2.30. The lowest BCUT2D eigenvalue weighted by molar-refractivity contribution is 0.109. The largest absolute Gasteiger partial charge is 0.376 e. The van der Waals surface area contributed by atoms with Crippen molar-refractivity contribution >= 4 is 5.82 Å². The molecule has 3 aromatic rings. The Hall–Kier alpha value is -3.13. The predicted molar refractivity (Wildman–Crippen MR) is 112 cm³/mol. The van der Waals surface area contributed by atoms with Gasteiger partial charge in [0, 0.05) is 42.0 Å². The van der Waals surface area contributed by atoms with Crippen molar-refractivity contribution in [3.8, 4) is 11.3 Å². The van der Waals surface area contributed by atoms with Gasteiger partial charge in [0.15, 0.2) is 0 Å². The first kappa shape index (κ1) is 18.9. The van der Waals surface area contributed by atoms with E-state index in [0.717, 1.165) is 67.0 Å². The molecule has 5 rings (SSSR count). The SMILES string of the molecule is O=c1ccc(-c2ccncc2)nn1C1CCC(Nc2ncnc3c2COCC3)CC1. The third-order valence-corrected chi connectivity index (χ3v) is 5.95. The van der Waals surface area contributed by atoms with Crippen LogP contribution in [0.4, 0.5) is 5.82 Å². The molecular formula is C22H24N6O2. The fraction of sp³-hybridized carbons (Fsp3) is 0.409. The highest BCUT2D eigenvalue weighted by atomic mass is 16.5.